The van der Waals surface area contributed by atoms with Gasteiger partial charge >= 0.3 is 0 Å². The zero-order chi connectivity index (χ0) is 17.4. The maximum Gasteiger partial charge on any atom is 0.243 e. The van der Waals surface area contributed by atoms with Crippen molar-refractivity contribution in [2.75, 3.05) is 6.54 Å². The Labute approximate surface area is 152 Å². The maximum atomic E-state index is 13.1. The highest BCUT2D eigenvalue weighted by atomic mass is 32.2. The Hall–Kier alpha value is -1.76. The van der Waals surface area contributed by atoms with E-state index in [1.165, 1.54) is 0 Å². The number of benzene rings is 2. The predicted molar refractivity (Wildman–Crippen MR) is 101 cm³/mol. The summed E-state index contributed by atoms with van der Waals surface area (Å²) >= 11 is 1.60. The van der Waals surface area contributed by atoms with E-state index in [0.717, 1.165) is 40.1 Å². The zero-order valence-electron chi connectivity index (χ0n) is 14.1. The van der Waals surface area contributed by atoms with E-state index in [1.54, 1.807) is 27.8 Å². The van der Waals surface area contributed by atoms with E-state index in [2.05, 4.69) is 6.92 Å². The van der Waals surface area contributed by atoms with Crippen molar-refractivity contribution in [3.63, 3.8) is 0 Å². The summed E-state index contributed by atoms with van der Waals surface area (Å²) in [6.45, 7) is 2.62. The summed E-state index contributed by atoms with van der Waals surface area (Å²) in [4.78, 5) is 5.06. The molecule has 6 heteroatoms. The van der Waals surface area contributed by atoms with Crippen LogP contribution in [0, 0.1) is 0 Å². The van der Waals surface area contributed by atoms with E-state index in [-0.39, 0.29) is 6.04 Å². The summed E-state index contributed by atoms with van der Waals surface area (Å²) in [7, 11) is -3.50. The van der Waals surface area contributed by atoms with Crippen LogP contribution in [-0.4, -0.2) is 24.3 Å². The molecule has 0 unspecified atom stereocenters. The molecular weight excluding hydrogens is 352 g/mol. The number of sulfonamides is 1. The highest BCUT2D eigenvalue weighted by Crippen LogP contribution is 2.39. The fourth-order valence-electron chi connectivity index (χ4n) is 3.34. The fourth-order valence-corrected chi connectivity index (χ4v) is 6.18. The molecule has 130 valence electrons. The first-order chi connectivity index (χ1) is 12.1. The van der Waals surface area contributed by atoms with E-state index < -0.39 is 10.0 Å². The molecule has 1 aliphatic rings. The van der Waals surface area contributed by atoms with Gasteiger partial charge in [0.15, 0.2) is 0 Å². The quantitative estimate of drug-likeness (QED) is 0.683. The van der Waals surface area contributed by atoms with Gasteiger partial charge in [0, 0.05) is 6.54 Å². The number of nitrogens with zero attached hydrogens (tertiary/aromatic N) is 2. The van der Waals surface area contributed by atoms with Gasteiger partial charge in [-0.05, 0) is 49.1 Å². The first kappa shape index (κ1) is 16.7. The number of aromatic nitrogens is 1. The van der Waals surface area contributed by atoms with Gasteiger partial charge in [-0.1, -0.05) is 31.2 Å². The lowest BCUT2D eigenvalue weighted by molar-refractivity contribution is 0.396. The summed E-state index contributed by atoms with van der Waals surface area (Å²) in [6.07, 6.45) is 2.59. The van der Waals surface area contributed by atoms with Gasteiger partial charge in [0.1, 0.15) is 5.01 Å². The van der Waals surface area contributed by atoms with Crippen LogP contribution in [0.15, 0.2) is 53.4 Å². The second-order valence-electron chi connectivity index (χ2n) is 6.29. The van der Waals surface area contributed by atoms with Gasteiger partial charge < -0.3 is 0 Å². The lowest BCUT2D eigenvalue weighted by atomic mass is 10.2. The summed E-state index contributed by atoms with van der Waals surface area (Å²) in [6, 6.07) is 15.1. The fraction of sp³-hybridized carbons (Fsp3) is 0.316. The third-order valence-corrected chi connectivity index (χ3v) is 7.80. The number of thiazole rings is 1. The largest absolute Gasteiger partial charge is 0.243 e. The lowest BCUT2D eigenvalue weighted by Crippen LogP contribution is -2.30. The first-order valence-corrected chi connectivity index (χ1v) is 10.8. The molecule has 0 N–H and O–H groups in total. The molecule has 1 saturated heterocycles. The Morgan fingerprint density at radius 2 is 1.92 bits per heavy atom. The van der Waals surface area contributed by atoms with E-state index in [1.807, 2.05) is 36.4 Å². The third kappa shape index (κ3) is 2.99. The van der Waals surface area contributed by atoms with Gasteiger partial charge in [0.05, 0.1) is 21.2 Å². The van der Waals surface area contributed by atoms with Crippen LogP contribution in [-0.2, 0) is 16.4 Å². The Bertz CT molecular complexity index is 961. The van der Waals surface area contributed by atoms with Gasteiger partial charge in [0.2, 0.25) is 10.0 Å². The van der Waals surface area contributed by atoms with Crippen LogP contribution in [0.4, 0.5) is 0 Å². The first-order valence-electron chi connectivity index (χ1n) is 8.56. The minimum Gasteiger partial charge on any atom is -0.239 e. The molecule has 1 atom stereocenters. The highest BCUT2D eigenvalue weighted by molar-refractivity contribution is 7.89. The average molecular weight is 373 g/mol. The van der Waals surface area contributed by atoms with E-state index in [0.29, 0.717) is 11.4 Å². The number of hydrogen-bond donors (Lipinski definition) is 0. The zero-order valence-corrected chi connectivity index (χ0v) is 15.7. The van der Waals surface area contributed by atoms with Crippen LogP contribution in [0.25, 0.3) is 10.2 Å². The molecule has 0 aliphatic carbocycles. The third-order valence-electron chi connectivity index (χ3n) is 4.74. The highest BCUT2D eigenvalue weighted by Gasteiger charge is 2.37. The minimum absolute atomic E-state index is 0.159. The molecular formula is C19H20N2O2S2. The lowest BCUT2D eigenvalue weighted by Gasteiger charge is -2.22. The van der Waals surface area contributed by atoms with Crippen molar-refractivity contribution in [1.82, 2.24) is 9.29 Å². The normalized spacial score (nSPS) is 18.8. The molecule has 0 bridgehead atoms. The van der Waals surface area contributed by atoms with Crippen LogP contribution in [0.5, 0.6) is 0 Å². The Balaban J connectivity index is 1.70. The van der Waals surface area contributed by atoms with Crippen LogP contribution in [0.2, 0.25) is 0 Å². The van der Waals surface area contributed by atoms with Gasteiger partial charge in [-0.2, -0.15) is 4.31 Å². The van der Waals surface area contributed by atoms with Gasteiger partial charge in [0.25, 0.3) is 0 Å². The summed E-state index contributed by atoms with van der Waals surface area (Å²) < 4.78 is 29.0. The number of fused-ring (bicyclic) bond motifs is 1. The topological polar surface area (TPSA) is 50.3 Å². The number of rotatable bonds is 4. The van der Waals surface area contributed by atoms with Crippen molar-refractivity contribution in [2.45, 2.75) is 37.1 Å². The van der Waals surface area contributed by atoms with E-state index in [4.69, 9.17) is 4.98 Å². The Morgan fingerprint density at radius 1 is 1.16 bits per heavy atom. The van der Waals surface area contributed by atoms with E-state index in [9.17, 15) is 8.42 Å². The summed E-state index contributed by atoms with van der Waals surface area (Å²) in [5.74, 6) is 0. The average Bonchev–Trinajstić information content (AvgIpc) is 3.28. The molecule has 0 amide bonds. The number of para-hydroxylation sites is 1. The predicted octanol–water partition coefficient (Wildman–Crippen LogP) is 4.38. The monoisotopic (exact) mass is 372 g/mol. The van der Waals surface area contributed by atoms with Crippen molar-refractivity contribution < 1.29 is 8.42 Å². The second kappa shape index (κ2) is 6.52. The molecule has 25 heavy (non-hydrogen) atoms. The van der Waals surface area contributed by atoms with E-state index >= 15 is 0 Å². The molecule has 4 rings (SSSR count). The van der Waals surface area contributed by atoms with Crippen LogP contribution in [0.3, 0.4) is 0 Å². The van der Waals surface area contributed by atoms with Crippen molar-refractivity contribution >= 4 is 31.6 Å². The van der Waals surface area contributed by atoms with Crippen molar-refractivity contribution in [2.24, 2.45) is 0 Å². The SMILES string of the molecule is CCc1ccc(S(=O)(=O)N2CCC[C@@H]2c2nc3ccccc3s2)cc1. The molecule has 1 aliphatic heterocycles. The molecule has 0 spiro atoms. The molecule has 4 nitrogen and oxygen atoms in total. The van der Waals surface area contributed by atoms with Crippen LogP contribution >= 0.6 is 11.3 Å². The Kier molecular flexibility index (Phi) is 4.35. The number of hydrogen-bond acceptors (Lipinski definition) is 4. The van der Waals surface area contributed by atoms with Crippen LogP contribution < -0.4 is 0 Å². The molecule has 1 aromatic heterocycles. The van der Waals surface area contributed by atoms with Gasteiger partial charge in [-0.3, -0.25) is 0 Å². The minimum atomic E-state index is -3.50. The maximum absolute atomic E-state index is 13.1. The summed E-state index contributed by atoms with van der Waals surface area (Å²) in [5.41, 5.74) is 2.09. The van der Waals surface area contributed by atoms with Gasteiger partial charge in [-0.25, -0.2) is 13.4 Å². The standard InChI is InChI=1S/C19H20N2O2S2/c1-2-14-9-11-15(12-10-14)25(22,23)21-13-5-7-17(21)19-20-16-6-3-4-8-18(16)24-19/h3-4,6,8-12,17H,2,5,7,13H2,1H3/t17-/m1/s1. The van der Waals surface area contributed by atoms with Crippen molar-refractivity contribution in [3.05, 3.63) is 59.1 Å². The molecule has 0 radical (unpaired) electrons. The second-order valence-corrected chi connectivity index (χ2v) is 9.24. The Morgan fingerprint density at radius 3 is 2.64 bits per heavy atom. The molecule has 0 saturated carbocycles. The van der Waals surface area contributed by atoms with Gasteiger partial charge in [-0.15, -0.1) is 11.3 Å². The summed E-state index contributed by atoms with van der Waals surface area (Å²) in [5, 5.41) is 0.896. The molecule has 2 aromatic carbocycles. The van der Waals surface area contributed by atoms with Crippen molar-refractivity contribution in [3.8, 4) is 0 Å². The molecule has 2 heterocycles. The molecule has 1 fully saturated rings. The number of aryl methyl sites for hydroxylation is 1. The smallest absolute Gasteiger partial charge is 0.239 e. The van der Waals surface area contributed by atoms with Crippen LogP contribution in [0.1, 0.15) is 36.4 Å². The van der Waals surface area contributed by atoms with Crippen molar-refractivity contribution in [1.29, 1.82) is 0 Å². The molecule has 3 aromatic rings.